The van der Waals surface area contributed by atoms with Crippen LogP contribution in [0.25, 0.3) is 0 Å². The first kappa shape index (κ1) is 18.4. The van der Waals surface area contributed by atoms with E-state index >= 15 is 0 Å². The molecule has 0 aromatic heterocycles. The van der Waals surface area contributed by atoms with E-state index in [9.17, 15) is 18.5 Å². The number of nitro benzene ring substituents is 1. The maximum absolute atomic E-state index is 12.3. The highest BCUT2D eigenvalue weighted by molar-refractivity contribution is 7.89. The molecule has 0 atom stereocenters. The smallest absolute Gasteiger partial charge is 0.270 e. The summed E-state index contributed by atoms with van der Waals surface area (Å²) in [6.45, 7) is 1.46. The lowest BCUT2D eigenvalue weighted by atomic mass is 10.2. The van der Waals surface area contributed by atoms with E-state index in [1.54, 1.807) is 38.3 Å². The molecular formula is C17H16N2O5S. The van der Waals surface area contributed by atoms with Crippen molar-refractivity contribution < 1.29 is 18.1 Å². The molecule has 0 aliphatic heterocycles. The fourth-order valence-electron chi connectivity index (χ4n) is 2.02. The van der Waals surface area contributed by atoms with Gasteiger partial charge in [0.15, 0.2) is 0 Å². The fourth-order valence-corrected chi connectivity index (χ4v) is 3.21. The van der Waals surface area contributed by atoms with Crippen LogP contribution < -0.4 is 9.46 Å². The van der Waals surface area contributed by atoms with Gasteiger partial charge in [-0.3, -0.25) is 10.1 Å². The topological polar surface area (TPSA) is 98.5 Å². The molecule has 25 heavy (non-hydrogen) atoms. The Balaban J connectivity index is 2.11. The average Bonchev–Trinajstić information content (AvgIpc) is 2.59. The fraction of sp³-hybridized carbons (Fsp3) is 0.176. The standard InChI is InChI=1S/C17H16N2O5S/c1-13-5-8-15(19(20)21)12-17(13)25(22,23)18-11-3-4-14-6-9-16(24-2)10-7-14/h5-10,12,18H,11H2,1-2H3. The predicted octanol–water partition coefficient (Wildman–Crippen LogP) is 2.24. The van der Waals surface area contributed by atoms with E-state index in [-0.39, 0.29) is 17.1 Å². The lowest BCUT2D eigenvalue weighted by molar-refractivity contribution is -0.385. The van der Waals surface area contributed by atoms with E-state index in [2.05, 4.69) is 16.6 Å². The lowest BCUT2D eigenvalue weighted by Gasteiger charge is -2.07. The lowest BCUT2D eigenvalue weighted by Crippen LogP contribution is -2.24. The quantitative estimate of drug-likeness (QED) is 0.501. The molecule has 0 saturated heterocycles. The normalized spacial score (nSPS) is 10.6. The minimum Gasteiger partial charge on any atom is -0.497 e. The van der Waals surface area contributed by atoms with Gasteiger partial charge in [0, 0.05) is 17.7 Å². The van der Waals surface area contributed by atoms with Gasteiger partial charge >= 0.3 is 0 Å². The van der Waals surface area contributed by atoms with E-state index in [0.29, 0.717) is 16.9 Å². The molecule has 0 aliphatic rings. The zero-order valence-corrected chi connectivity index (χ0v) is 14.5. The molecule has 130 valence electrons. The first-order valence-corrected chi connectivity index (χ1v) is 8.69. The second kappa shape index (κ2) is 7.79. The summed E-state index contributed by atoms with van der Waals surface area (Å²) in [5.41, 5.74) is 0.850. The number of methoxy groups -OCH3 is 1. The molecule has 0 unspecified atom stereocenters. The molecule has 0 saturated carbocycles. The minimum atomic E-state index is -3.89. The van der Waals surface area contributed by atoms with Crippen molar-refractivity contribution in [3.63, 3.8) is 0 Å². The summed E-state index contributed by atoms with van der Waals surface area (Å²) >= 11 is 0. The van der Waals surface area contributed by atoms with Crippen LogP contribution >= 0.6 is 0 Å². The number of sulfonamides is 1. The van der Waals surface area contributed by atoms with Gasteiger partial charge in [0.1, 0.15) is 5.75 Å². The van der Waals surface area contributed by atoms with Gasteiger partial charge in [-0.1, -0.05) is 17.9 Å². The molecule has 8 heteroatoms. The molecular weight excluding hydrogens is 344 g/mol. The summed E-state index contributed by atoms with van der Waals surface area (Å²) in [6, 6.07) is 10.7. The number of nitrogens with zero attached hydrogens (tertiary/aromatic N) is 1. The van der Waals surface area contributed by atoms with Crippen LogP contribution in [0.2, 0.25) is 0 Å². The number of ether oxygens (including phenoxy) is 1. The Bertz CT molecular complexity index is 941. The average molecular weight is 360 g/mol. The third-order valence-corrected chi connectivity index (χ3v) is 4.89. The van der Waals surface area contributed by atoms with E-state index in [1.807, 2.05) is 0 Å². The molecule has 2 rings (SSSR count). The van der Waals surface area contributed by atoms with Crippen molar-refractivity contribution in [2.45, 2.75) is 11.8 Å². The highest BCUT2D eigenvalue weighted by Gasteiger charge is 2.19. The van der Waals surface area contributed by atoms with Crippen LogP contribution in [-0.4, -0.2) is 27.0 Å². The number of rotatable bonds is 5. The highest BCUT2D eigenvalue weighted by Crippen LogP contribution is 2.21. The number of aryl methyl sites for hydroxylation is 1. The Morgan fingerprint density at radius 3 is 2.48 bits per heavy atom. The van der Waals surface area contributed by atoms with Crippen molar-refractivity contribution in [2.75, 3.05) is 13.7 Å². The van der Waals surface area contributed by atoms with Gasteiger partial charge in [-0.15, -0.1) is 0 Å². The third-order valence-electron chi connectivity index (χ3n) is 3.35. The Labute approximate surface area is 145 Å². The maximum Gasteiger partial charge on any atom is 0.270 e. The van der Waals surface area contributed by atoms with E-state index in [4.69, 9.17) is 4.74 Å². The van der Waals surface area contributed by atoms with Gasteiger partial charge in [0.2, 0.25) is 10.0 Å². The number of nitrogens with one attached hydrogen (secondary N) is 1. The van der Waals surface area contributed by atoms with Gasteiger partial charge in [-0.05, 0) is 36.8 Å². The predicted molar refractivity (Wildman–Crippen MR) is 92.9 cm³/mol. The molecule has 0 aliphatic carbocycles. The molecule has 0 spiro atoms. The van der Waals surface area contributed by atoms with Crippen molar-refractivity contribution in [1.82, 2.24) is 4.72 Å². The largest absolute Gasteiger partial charge is 0.497 e. The van der Waals surface area contributed by atoms with Gasteiger partial charge in [-0.25, -0.2) is 8.42 Å². The second-order valence-corrected chi connectivity index (χ2v) is 6.80. The summed E-state index contributed by atoms with van der Waals surface area (Å²) < 4.78 is 32.0. The Kier molecular flexibility index (Phi) is 5.75. The van der Waals surface area contributed by atoms with E-state index < -0.39 is 14.9 Å². The number of hydrogen-bond donors (Lipinski definition) is 1. The Hall–Kier alpha value is -2.89. The van der Waals surface area contributed by atoms with Crippen LogP contribution in [0.15, 0.2) is 47.4 Å². The van der Waals surface area contributed by atoms with Crippen molar-refractivity contribution >= 4 is 15.7 Å². The molecule has 0 radical (unpaired) electrons. The van der Waals surface area contributed by atoms with Crippen LogP contribution in [0, 0.1) is 28.9 Å². The number of nitro groups is 1. The van der Waals surface area contributed by atoms with E-state index in [0.717, 1.165) is 6.07 Å². The number of hydrogen-bond acceptors (Lipinski definition) is 5. The van der Waals surface area contributed by atoms with E-state index in [1.165, 1.54) is 12.1 Å². The summed E-state index contributed by atoms with van der Waals surface area (Å²) in [5.74, 6) is 6.23. The first-order chi connectivity index (χ1) is 11.8. The van der Waals surface area contributed by atoms with Crippen LogP contribution in [0.5, 0.6) is 5.75 Å². The van der Waals surface area contributed by atoms with Crippen molar-refractivity contribution in [3.05, 3.63) is 63.7 Å². The van der Waals surface area contributed by atoms with Crippen molar-refractivity contribution in [3.8, 4) is 17.6 Å². The first-order valence-electron chi connectivity index (χ1n) is 7.21. The zero-order chi connectivity index (χ0) is 18.4. The summed E-state index contributed by atoms with van der Waals surface area (Å²) in [5, 5.41) is 10.8. The summed E-state index contributed by atoms with van der Waals surface area (Å²) in [6.07, 6.45) is 0. The van der Waals surface area contributed by atoms with Gasteiger partial charge in [0.05, 0.1) is 23.5 Å². The third kappa shape index (κ3) is 4.79. The minimum absolute atomic E-state index is 0.115. The van der Waals surface area contributed by atoms with Crippen LogP contribution in [0.4, 0.5) is 5.69 Å². The van der Waals surface area contributed by atoms with Crippen LogP contribution in [0.3, 0.4) is 0 Å². The molecule has 2 aromatic carbocycles. The SMILES string of the molecule is COc1ccc(C#CCNS(=O)(=O)c2cc([N+](=O)[O-])ccc2C)cc1. The highest BCUT2D eigenvalue weighted by atomic mass is 32.2. The molecule has 0 bridgehead atoms. The van der Waals surface area contributed by atoms with Gasteiger partial charge in [0.25, 0.3) is 5.69 Å². The molecule has 7 nitrogen and oxygen atoms in total. The Morgan fingerprint density at radius 2 is 1.88 bits per heavy atom. The molecule has 0 amide bonds. The zero-order valence-electron chi connectivity index (χ0n) is 13.6. The molecule has 0 heterocycles. The van der Waals surface area contributed by atoms with Gasteiger partial charge < -0.3 is 4.74 Å². The Morgan fingerprint density at radius 1 is 1.20 bits per heavy atom. The van der Waals surface area contributed by atoms with Crippen LogP contribution in [0.1, 0.15) is 11.1 Å². The maximum atomic E-state index is 12.3. The number of non-ortho nitro benzene ring substituents is 1. The number of benzene rings is 2. The monoisotopic (exact) mass is 360 g/mol. The van der Waals surface area contributed by atoms with Crippen LogP contribution in [-0.2, 0) is 10.0 Å². The molecule has 2 aromatic rings. The van der Waals surface area contributed by atoms with Crippen molar-refractivity contribution in [2.24, 2.45) is 0 Å². The molecule has 1 N–H and O–H groups in total. The van der Waals surface area contributed by atoms with Crippen molar-refractivity contribution in [1.29, 1.82) is 0 Å². The summed E-state index contributed by atoms with van der Waals surface area (Å²) in [4.78, 5) is 10.0. The molecule has 0 fully saturated rings. The second-order valence-electron chi connectivity index (χ2n) is 5.06. The van der Waals surface area contributed by atoms with Gasteiger partial charge in [-0.2, -0.15) is 4.72 Å². The summed E-state index contributed by atoms with van der Waals surface area (Å²) in [7, 11) is -2.33.